The van der Waals surface area contributed by atoms with Crippen LogP contribution in [0.5, 0.6) is 0 Å². The number of halogens is 6. The Bertz CT molecular complexity index is 1030. The van der Waals surface area contributed by atoms with Crippen molar-refractivity contribution in [3.63, 3.8) is 0 Å². The summed E-state index contributed by atoms with van der Waals surface area (Å²) in [6.45, 7) is 7.27. The second-order valence-corrected chi connectivity index (χ2v) is 9.22. The number of rotatable bonds is 8. The highest BCUT2D eigenvalue weighted by Crippen LogP contribution is 2.37. The molecule has 12 heteroatoms. The van der Waals surface area contributed by atoms with Crippen LogP contribution in [-0.4, -0.2) is 45.4 Å². The van der Waals surface area contributed by atoms with E-state index in [9.17, 15) is 35.9 Å². The average molecular weight is 521 g/mol. The van der Waals surface area contributed by atoms with Crippen LogP contribution in [0, 0.1) is 5.92 Å². The molecule has 0 aliphatic heterocycles. The van der Waals surface area contributed by atoms with Gasteiger partial charge in [0, 0.05) is 37.2 Å². The first-order valence-corrected chi connectivity index (χ1v) is 11.2. The summed E-state index contributed by atoms with van der Waals surface area (Å²) < 4.78 is 80.8. The molecule has 0 spiro atoms. The number of alkyl halides is 6. The predicted octanol–water partition coefficient (Wildman–Crippen LogP) is 5.99. The number of amides is 3. The molecule has 1 aromatic carbocycles. The van der Waals surface area contributed by atoms with Crippen LogP contribution in [-0.2, 0) is 30.7 Å². The van der Waals surface area contributed by atoms with E-state index in [0.29, 0.717) is 18.7 Å². The molecule has 200 valence electrons. The number of hydrogen-bond donors (Lipinski definition) is 1. The van der Waals surface area contributed by atoms with Crippen molar-refractivity contribution in [3.8, 4) is 0 Å². The lowest BCUT2D eigenvalue weighted by molar-refractivity contribution is -0.143. The van der Waals surface area contributed by atoms with Gasteiger partial charge in [-0.2, -0.15) is 26.3 Å². The first kappa shape index (κ1) is 29.1. The van der Waals surface area contributed by atoms with E-state index >= 15 is 0 Å². The van der Waals surface area contributed by atoms with E-state index in [-0.39, 0.29) is 18.5 Å². The van der Waals surface area contributed by atoms with Crippen LogP contribution in [0.25, 0.3) is 0 Å². The van der Waals surface area contributed by atoms with Gasteiger partial charge in [0.25, 0.3) is 0 Å². The van der Waals surface area contributed by atoms with E-state index in [1.54, 1.807) is 18.7 Å². The molecule has 0 radical (unpaired) electrons. The van der Waals surface area contributed by atoms with E-state index in [2.05, 4.69) is 5.32 Å². The number of aromatic nitrogens is 1. The van der Waals surface area contributed by atoms with E-state index in [0.717, 1.165) is 10.6 Å². The Morgan fingerprint density at radius 1 is 0.972 bits per heavy atom. The Balaban J connectivity index is 2.28. The monoisotopic (exact) mass is 520 g/mol. The zero-order valence-corrected chi connectivity index (χ0v) is 20.7. The van der Waals surface area contributed by atoms with Gasteiger partial charge in [0.15, 0.2) is 0 Å². The molecule has 1 heterocycles. The minimum atomic E-state index is -5.05. The maximum atomic E-state index is 13.2. The molecule has 2 aromatic rings. The fraction of sp³-hybridized carbons (Fsp3) is 0.500. The van der Waals surface area contributed by atoms with Gasteiger partial charge < -0.3 is 19.7 Å². The second-order valence-electron chi connectivity index (χ2n) is 9.22. The van der Waals surface area contributed by atoms with Crippen LogP contribution in [0.4, 0.5) is 36.8 Å². The summed E-state index contributed by atoms with van der Waals surface area (Å²) in [6, 6.07) is 2.94. The van der Waals surface area contributed by atoms with E-state index in [1.807, 2.05) is 43.8 Å². The van der Waals surface area contributed by atoms with Crippen molar-refractivity contribution in [2.24, 2.45) is 13.0 Å². The maximum Gasteiger partial charge on any atom is 0.416 e. The lowest BCUT2D eigenvalue weighted by atomic mass is 10.1. The molecule has 2 rings (SSSR count). The van der Waals surface area contributed by atoms with Crippen LogP contribution in [0.3, 0.4) is 0 Å². The highest BCUT2D eigenvalue weighted by Gasteiger charge is 2.37. The van der Waals surface area contributed by atoms with Crippen molar-refractivity contribution in [2.45, 2.75) is 52.6 Å². The quantitative estimate of drug-likeness (QED) is 0.435. The van der Waals surface area contributed by atoms with Crippen LogP contribution in [0.1, 0.15) is 44.5 Å². The number of nitrogens with one attached hydrogen (secondary N) is 1. The number of anilines is 1. The molecule has 6 nitrogen and oxygen atoms in total. The maximum absolute atomic E-state index is 13.2. The second kappa shape index (κ2) is 11.3. The summed E-state index contributed by atoms with van der Waals surface area (Å²) >= 11 is 0. The Labute approximate surface area is 205 Å². The van der Waals surface area contributed by atoms with E-state index < -0.39 is 53.7 Å². The number of aryl methyl sites for hydroxylation is 1. The summed E-state index contributed by atoms with van der Waals surface area (Å²) in [5.41, 5.74) is -2.92. The van der Waals surface area contributed by atoms with Gasteiger partial charge in [0.1, 0.15) is 6.54 Å². The van der Waals surface area contributed by atoms with Crippen LogP contribution >= 0.6 is 0 Å². The van der Waals surface area contributed by atoms with Gasteiger partial charge in [-0.25, -0.2) is 4.79 Å². The molecule has 0 aliphatic rings. The highest BCUT2D eigenvalue weighted by atomic mass is 19.4. The van der Waals surface area contributed by atoms with Crippen molar-refractivity contribution < 1.29 is 35.9 Å². The molecular formula is C24H30F6N4O2. The molecule has 3 amide bonds. The number of carbonyl (C=O) groups is 2. The van der Waals surface area contributed by atoms with Gasteiger partial charge in [-0.1, -0.05) is 13.8 Å². The number of nitrogens with zero attached hydrogens (tertiary/aromatic N) is 3. The number of urea groups is 1. The van der Waals surface area contributed by atoms with E-state index in [1.165, 1.54) is 0 Å². The van der Waals surface area contributed by atoms with E-state index in [4.69, 9.17) is 0 Å². The van der Waals surface area contributed by atoms with Gasteiger partial charge >= 0.3 is 18.4 Å². The van der Waals surface area contributed by atoms with Crippen LogP contribution in [0.15, 0.2) is 36.5 Å². The molecule has 0 bridgehead atoms. The number of hydrogen-bond acceptors (Lipinski definition) is 2. The third-order valence-corrected chi connectivity index (χ3v) is 5.37. The van der Waals surface area contributed by atoms with Crippen molar-refractivity contribution in [1.82, 2.24) is 14.4 Å². The van der Waals surface area contributed by atoms with Crippen molar-refractivity contribution >= 4 is 17.6 Å². The molecule has 36 heavy (non-hydrogen) atoms. The summed E-state index contributed by atoms with van der Waals surface area (Å²) in [6.07, 6.45) is -8.28. The lowest BCUT2D eigenvalue weighted by Gasteiger charge is -2.31. The average Bonchev–Trinajstić information content (AvgIpc) is 3.13. The molecule has 0 aliphatic carbocycles. The Morgan fingerprint density at radius 3 is 1.94 bits per heavy atom. The molecule has 0 unspecified atom stereocenters. The largest absolute Gasteiger partial charge is 0.416 e. The SMILES string of the molecule is CC(C)CN(Cc1cccn1C)C(=O)CN(C(=O)Nc1cc(C(F)(F)F)cc(C(F)(F)F)c1)C(C)C. The Morgan fingerprint density at radius 2 is 1.53 bits per heavy atom. The summed E-state index contributed by atoms with van der Waals surface area (Å²) in [4.78, 5) is 28.7. The fourth-order valence-electron chi connectivity index (χ4n) is 3.51. The van der Waals surface area contributed by atoms with Gasteiger partial charge in [-0.3, -0.25) is 4.79 Å². The smallest absolute Gasteiger partial charge is 0.353 e. The van der Waals surface area contributed by atoms with Crippen LogP contribution in [0.2, 0.25) is 0 Å². The summed E-state index contributed by atoms with van der Waals surface area (Å²) in [7, 11) is 1.82. The molecule has 0 fully saturated rings. The van der Waals surface area contributed by atoms with Gasteiger partial charge in [0.2, 0.25) is 5.91 Å². The van der Waals surface area contributed by atoms with Gasteiger partial charge in [-0.05, 0) is 50.1 Å². The molecular weight excluding hydrogens is 490 g/mol. The normalized spacial score (nSPS) is 12.2. The Kier molecular flexibility index (Phi) is 9.08. The molecule has 0 saturated heterocycles. The van der Waals surface area contributed by atoms with Crippen LogP contribution < -0.4 is 5.32 Å². The minimum Gasteiger partial charge on any atom is -0.353 e. The predicted molar refractivity (Wildman–Crippen MR) is 123 cm³/mol. The Hall–Kier alpha value is -3.18. The summed E-state index contributed by atoms with van der Waals surface area (Å²) in [5, 5.41) is 2.10. The third kappa shape index (κ3) is 7.92. The first-order chi connectivity index (χ1) is 16.5. The molecule has 0 saturated carbocycles. The third-order valence-electron chi connectivity index (χ3n) is 5.37. The van der Waals surface area contributed by atoms with Gasteiger partial charge in [-0.15, -0.1) is 0 Å². The zero-order valence-electron chi connectivity index (χ0n) is 20.7. The fourth-order valence-corrected chi connectivity index (χ4v) is 3.51. The van der Waals surface area contributed by atoms with Crippen molar-refractivity contribution in [2.75, 3.05) is 18.4 Å². The molecule has 1 N–H and O–H groups in total. The first-order valence-electron chi connectivity index (χ1n) is 11.2. The summed E-state index contributed by atoms with van der Waals surface area (Å²) in [5.74, 6) is -0.296. The van der Waals surface area contributed by atoms with Crippen molar-refractivity contribution in [3.05, 3.63) is 53.3 Å². The van der Waals surface area contributed by atoms with Crippen molar-refractivity contribution in [1.29, 1.82) is 0 Å². The number of carbonyl (C=O) groups excluding carboxylic acids is 2. The molecule has 0 atom stereocenters. The molecule has 1 aromatic heterocycles. The number of benzene rings is 1. The lowest BCUT2D eigenvalue weighted by Crippen LogP contribution is -2.48. The highest BCUT2D eigenvalue weighted by molar-refractivity contribution is 5.92. The topological polar surface area (TPSA) is 57.6 Å². The minimum absolute atomic E-state index is 0.0211. The zero-order chi connectivity index (χ0) is 27.4. The van der Waals surface area contributed by atoms with Gasteiger partial charge in [0.05, 0.1) is 17.7 Å². The standard InChI is InChI=1S/C24H30F6N4O2/c1-15(2)12-33(13-20-7-6-8-32(20)5)21(35)14-34(16(3)4)22(36)31-19-10-17(23(25,26)27)9-18(11-19)24(28,29)30/h6-11,15-16H,12-14H2,1-5H3,(H,31,36).